The molecule has 266 valence electrons. The summed E-state index contributed by atoms with van der Waals surface area (Å²) in [6.07, 6.45) is 13.3. The molecule has 0 spiro atoms. The van der Waals surface area contributed by atoms with Gasteiger partial charge in [-0.1, -0.05) is 80.1 Å². The molecule has 0 unspecified atom stereocenters. The molecule has 44 heavy (non-hydrogen) atoms. The third kappa shape index (κ3) is 31.1. The molecule has 0 saturated carbocycles. The molecule has 0 aromatic rings. The summed E-state index contributed by atoms with van der Waals surface area (Å²) in [5.74, 6) is -1.35. The van der Waals surface area contributed by atoms with Crippen molar-refractivity contribution in [3.63, 3.8) is 0 Å². The predicted octanol–water partition coefficient (Wildman–Crippen LogP) is 8.44. The zero-order chi connectivity index (χ0) is 34.7. The lowest BCUT2D eigenvalue weighted by Crippen LogP contribution is -2.42. The molecule has 2 N–H and O–H groups in total. The minimum atomic E-state index is -2.40. The van der Waals surface area contributed by atoms with E-state index in [-0.39, 0.29) is 0 Å². The van der Waals surface area contributed by atoms with Gasteiger partial charge in [-0.15, -0.1) is 0 Å². The van der Waals surface area contributed by atoms with Gasteiger partial charge >= 0.3 is 29.5 Å². The fourth-order valence-corrected chi connectivity index (χ4v) is 7.96. The Bertz CT molecular complexity index is 611. The van der Waals surface area contributed by atoms with Crippen molar-refractivity contribution in [2.24, 2.45) is 10.8 Å². The molecule has 0 fully saturated rings. The zero-order valence-electron chi connectivity index (χ0n) is 30.5. The lowest BCUT2D eigenvalue weighted by Gasteiger charge is -2.25. The minimum Gasteiger partial charge on any atom is -0.481 e. The molecule has 0 bridgehead atoms. The Hall–Kier alpha value is -0.866. The second-order valence-electron chi connectivity index (χ2n) is 13.5. The van der Waals surface area contributed by atoms with Gasteiger partial charge in [-0.3, -0.25) is 9.59 Å². The van der Waals surface area contributed by atoms with Gasteiger partial charge in [0.2, 0.25) is 0 Å². The van der Waals surface area contributed by atoms with Crippen molar-refractivity contribution >= 4 is 29.5 Å². The summed E-state index contributed by atoms with van der Waals surface area (Å²) in [4.78, 5) is 20.3. The van der Waals surface area contributed by atoms with Gasteiger partial charge < -0.3 is 36.8 Å². The molecule has 10 nitrogen and oxygen atoms in total. The van der Waals surface area contributed by atoms with Crippen molar-refractivity contribution < 1.29 is 46.4 Å². The highest BCUT2D eigenvalue weighted by molar-refractivity contribution is 6.60. The van der Waals surface area contributed by atoms with E-state index in [0.717, 1.165) is 76.3 Å². The zero-order valence-corrected chi connectivity index (χ0v) is 32.5. The average Bonchev–Trinajstić information content (AvgIpc) is 2.94. The summed E-state index contributed by atoms with van der Waals surface area (Å²) in [6.45, 7) is 13.3. The standard InChI is InChI=1S/C12H30O6Si2.2C10H20O2/c1-13-19(14-2,15-3)11-9-7-8-10-12-20(16-4,17-5)18-6;2*1-10(2,3)8-6-4-5-7-9(11)12/h7-12H2,1-6H3;2*4-8H2,1-3H3,(H,11,12). The number of hydrogen-bond acceptors (Lipinski definition) is 8. The normalized spacial score (nSPS) is 12.2. The SMILES string of the molecule is CC(C)(C)CCCCCC(=O)O.CC(C)(C)CCCCCC(=O)O.CO[Si](CCCCCC[Si](OC)(OC)OC)(OC)OC. The topological polar surface area (TPSA) is 130 Å². The van der Waals surface area contributed by atoms with Crippen molar-refractivity contribution in [1.29, 1.82) is 0 Å². The minimum absolute atomic E-state index is 0.324. The first-order valence-corrected chi connectivity index (χ1v) is 20.0. The van der Waals surface area contributed by atoms with Gasteiger partial charge in [-0.25, -0.2) is 0 Å². The number of hydrogen-bond donors (Lipinski definition) is 2. The van der Waals surface area contributed by atoms with E-state index in [1.165, 1.54) is 12.8 Å². The molecule has 0 atom stereocenters. The van der Waals surface area contributed by atoms with E-state index >= 15 is 0 Å². The first-order chi connectivity index (χ1) is 20.4. The third-order valence-corrected chi connectivity index (χ3v) is 12.9. The van der Waals surface area contributed by atoms with Gasteiger partial charge in [0.25, 0.3) is 0 Å². The Morgan fingerprint density at radius 3 is 0.909 bits per heavy atom. The van der Waals surface area contributed by atoms with Gasteiger partial charge in [-0.05, 0) is 49.4 Å². The van der Waals surface area contributed by atoms with Crippen LogP contribution in [0.3, 0.4) is 0 Å². The lowest BCUT2D eigenvalue weighted by atomic mass is 9.89. The first-order valence-electron chi connectivity index (χ1n) is 16.2. The Labute approximate surface area is 272 Å². The maximum absolute atomic E-state index is 10.2. The lowest BCUT2D eigenvalue weighted by molar-refractivity contribution is -0.138. The van der Waals surface area contributed by atoms with Gasteiger partial charge in [0, 0.05) is 67.6 Å². The van der Waals surface area contributed by atoms with E-state index in [0.29, 0.717) is 23.7 Å². The van der Waals surface area contributed by atoms with E-state index in [1.54, 1.807) is 42.7 Å². The molecular weight excluding hydrogens is 601 g/mol. The van der Waals surface area contributed by atoms with Crippen LogP contribution < -0.4 is 0 Å². The number of aliphatic carboxylic acids is 2. The maximum Gasteiger partial charge on any atom is 0.500 e. The maximum atomic E-state index is 10.2. The molecule has 0 aromatic heterocycles. The van der Waals surface area contributed by atoms with Crippen LogP contribution in [-0.4, -0.2) is 82.4 Å². The van der Waals surface area contributed by atoms with Gasteiger partial charge in [0.1, 0.15) is 0 Å². The molecule has 0 aliphatic rings. The molecule has 0 aliphatic carbocycles. The fourth-order valence-electron chi connectivity index (χ4n) is 4.37. The molecule has 0 saturated heterocycles. The summed E-state index contributed by atoms with van der Waals surface area (Å²) < 4.78 is 32.3. The van der Waals surface area contributed by atoms with Crippen LogP contribution in [0, 0.1) is 10.8 Å². The molecule has 0 heterocycles. The summed E-state index contributed by atoms with van der Waals surface area (Å²) in [5.41, 5.74) is 0.784. The van der Waals surface area contributed by atoms with E-state index < -0.39 is 29.5 Å². The Morgan fingerprint density at radius 2 is 0.705 bits per heavy atom. The number of unbranched alkanes of at least 4 members (excludes halogenated alkanes) is 7. The van der Waals surface area contributed by atoms with Crippen LogP contribution in [0.5, 0.6) is 0 Å². The van der Waals surface area contributed by atoms with Gasteiger partial charge in [-0.2, -0.15) is 0 Å². The average molecular weight is 671 g/mol. The molecule has 0 aliphatic heterocycles. The Kier molecular flexibility index (Phi) is 29.5. The summed E-state index contributed by atoms with van der Waals surface area (Å²) in [6, 6.07) is 1.69. The van der Waals surface area contributed by atoms with Crippen molar-refractivity contribution in [2.45, 2.75) is 144 Å². The van der Waals surface area contributed by atoms with Crippen molar-refractivity contribution in [2.75, 3.05) is 42.7 Å². The van der Waals surface area contributed by atoms with Crippen molar-refractivity contribution in [3.8, 4) is 0 Å². The highest BCUT2D eigenvalue weighted by Gasteiger charge is 2.38. The predicted molar refractivity (Wildman–Crippen MR) is 182 cm³/mol. The number of carboxylic acids is 2. The van der Waals surface area contributed by atoms with Crippen LogP contribution in [-0.2, 0) is 36.1 Å². The van der Waals surface area contributed by atoms with Crippen molar-refractivity contribution in [1.82, 2.24) is 0 Å². The monoisotopic (exact) mass is 670 g/mol. The molecule has 0 aromatic carbocycles. The summed E-state index contributed by atoms with van der Waals surface area (Å²) in [7, 11) is 5.09. The quantitative estimate of drug-likeness (QED) is 0.0807. The van der Waals surface area contributed by atoms with Crippen LogP contribution in [0.2, 0.25) is 12.1 Å². The molecule has 12 heteroatoms. The van der Waals surface area contributed by atoms with Crippen LogP contribution in [0.25, 0.3) is 0 Å². The van der Waals surface area contributed by atoms with E-state index in [2.05, 4.69) is 41.5 Å². The molecule has 0 rings (SSSR count). The van der Waals surface area contributed by atoms with Gasteiger partial charge in [0.15, 0.2) is 0 Å². The van der Waals surface area contributed by atoms with Crippen LogP contribution in [0.1, 0.15) is 131 Å². The third-order valence-electron chi connectivity index (χ3n) is 7.22. The Morgan fingerprint density at radius 1 is 0.455 bits per heavy atom. The highest BCUT2D eigenvalue weighted by atomic mass is 28.4. The number of carbonyl (C=O) groups is 2. The second kappa shape index (κ2) is 27.3. The summed E-state index contributed by atoms with van der Waals surface area (Å²) >= 11 is 0. The molecule has 0 radical (unpaired) electrons. The Balaban J connectivity index is -0.000000606. The first kappa shape index (κ1) is 47.5. The van der Waals surface area contributed by atoms with Gasteiger partial charge in [0.05, 0.1) is 0 Å². The largest absolute Gasteiger partial charge is 0.500 e. The van der Waals surface area contributed by atoms with Crippen LogP contribution in [0.15, 0.2) is 0 Å². The smallest absolute Gasteiger partial charge is 0.481 e. The van der Waals surface area contributed by atoms with E-state index in [4.69, 9.17) is 36.8 Å². The van der Waals surface area contributed by atoms with E-state index in [1.807, 2.05) is 0 Å². The molecule has 0 amide bonds. The second-order valence-corrected chi connectivity index (χ2v) is 19.7. The van der Waals surface area contributed by atoms with Crippen molar-refractivity contribution in [3.05, 3.63) is 0 Å². The van der Waals surface area contributed by atoms with Crippen LogP contribution in [0.4, 0.5) is 0 Å². The highest BCUT2D eigenvalue weighted by Crippen LogP contribution is 2.23. The number of rotatable bonds is 23. The van der Waals surface area contributed by atoms with E-state index in [9.17, 15) is 9.59 Å². The molecular formula is C32H70O10Si2. The number of carboxylic acid groups (broad SMARTS) is 2. The summed E-state index contributed by atoms with van der Waals surface area (Å²) in [5, 5.41) is 16.7. The van der Waals surface area contributed by atoms with Crippen LogP contribution >= 0.6 is 0 Å². The fraction of sp³-hybridized carbons (Fsp3) is 0.938.